The van der Waals surface area contributed by atoms with E-state index in [1.165, 1.54) is 0 Å². The van der Waals surface area contributed by atoms with Crippen LogP contribution in [-0.2, 0) is 11.3 Å². The fourth-order valence-electron chi connectivity index (χ4n) is 1.98. The van der Waals surface area contributed by atoms with Crippen LogP contribution in [-0.4, -0.2) is 34.9 Å². The van der Waals surface area contributed by atoms with Gasteiger partial charge in [-0.1, -0.05) is 31.3 Å². The van der Waals surface area contributed by atoms with Crippen molar-refractivity contribution in [1.82, 2.24) is 10.2 Å². The monoisotopic (exact) mass is 311 g/mol. The van der Waals surface area contributed by atoms with Crippen LogP contribution in [0.4, 0.5) is 4.39 Å². The molecule has 0 aliphatic rings. The maximum absolute atomic E-state index is 14.3. The molecule has 0 spiro atoms. The number of nitrogens with zero attached hydrogens (tertiary/aromatic N) is 1. The van der Waals surface area contributed by atoms with Crippen molar-refractivity contribution < 1.29 is 9.18 Å². The second-order valence-electron chi connectivity index (χ2n) is 5.17. The summed E-state index contributed by atoms with van der Waals surface area (Å²) in [5.41, 5.74) is 6.22. The zero-order valence-electron chi connectivity index (χ0n) is 12.6. The second kappa shape index (κ2) is 8.05. The Balaban J connectivity index is 2.80. The Morgan fingerprint density at radius 3 is 2.67 bits per heavy atom. The summed E-state index contributed by atoms with van der Waals surface area (Å²) in [6, 6.07) is 5.05. The highest BCUT2D eigenvalue weighted by atomic mass is 32.1. The van der Waals surface area contributed by atoms with Crippen molar-refractivity contribution in [3.05, 3.63) is 35.1 Å². The Kier molecular flexibility index (Phi) is 6.71. The minimum Gasteiger partial charge on any atom is -0.389 e. The first kappa shape index (κ1) is 17.5. The first-order chi connectivity index (χ1) is 9.85. The van der Waals surface area contributed by atoms with Crippen molar-refractivity contribution in [1.29, 1.82) is 0 Å². The van der Waals surface area contributed by atoms with Gasteiger partial charge in [0.2, 0.25) is 5.91 Å². The standard InChI is InChI=1S/C15H22FN3OS/c1-4-19(9-13(20)18-10(2)3)8-11-6-5-7-12(14(11)16)15(17)21/h5-7,10H,4,8-9H2,1-3H3,(H2,17,21)(H,18,20). The van der Waals surface area contributed by atoms with Gasteiger partial charge in [-0.15, -0.1) is 0 Å². The van der Waals surface area contributed by atoms with E-state index in [0.29, 0.717) is 18.7 Å². The minimum atomic E-state index is -0.410. The number of halogens is 1. The van der Waals surface area contributed by atoms with E-state index in [1.54, 1.807) is 18.2 Å². The molecular formula is C15H22FN3OS. The van der Waals surface area contributed by atoms with Gasteiger partial charge < -0.3 is 11.1 Å². The van der Waals surface area contributed by atoms with Gasteiger partial charge in [-0.3, -0.25) is 9.69 Å². The van der Waals surface area contributed by atoms with Crippen LogP contribution in [0.3, 0.4) is 0 Å². The summed E-state index contributed by atoms with van der Waals surface area (Å²) in [6.45, 7) is 6.94. The van der Waals surface area contributed by atoms with Crippen molar-refractivity contribution >= 4 is 23.1 Å². The SMILES string of the molecule is CCN(CC(=O)NC(C)C)Cc1cccc(C(N)=S)c1F. The highest BCUT2D eigenvalue weighted by Gasteiger charge is 2.15. The van der Waals surface area contributed by atoms with Crippen molar-refractivity contribution in [3.8, 4) is 0 Å². The molecular weight excluding hydrogens is 289 g/mol. The predicted molar refractivity (Wildman–Crippen MR) is 86.5 cm³/mol. The van der Waals surface area contributed by atoms with Gasteiger partial charge in [-0.25, -0.2) is 4.39 Å². The molecule has 0 atom stereocenters. The molecule has 1 aromatic carbocycles. The summed E-state index contributed by atoms with van der Waals surface area (Å²) in [4.78, 5) is 13.7. The molecule has 1 aromatic rings. The molecule has 0 unspecified atom stereocenters. The van der Waals surface area contributed by atoms with Gasteiger partial charge >= 0.3 is 0 Å². The molecule has 0 saturated carbocycles. The first-order valence-electron chi connectivity index (χ1n) is 6.94. The van der Waals surface area contributed by atoms with Crippen LogP contribution in [0.15, 0.2) is 18.2 Å². The van der Waals surface area contributed by atoms with Crippen molar-refractivity contribution in [3.63, 3.8) is 0 Å². The Labute approximate surface area is 130 Å². The number of thiocarbonyl (C=S) groups is 1. The molecule has 1 rings (SSSR count). The molecule has 0 radical (unpaired) electrons. The maximum Gasteiger partial charge on any atom is 0.234 e. The summed E-state index contributed by atoms with van der Waals surface area (Å²) in [5, 5.41) is 2.82. The molecule has 0 bridgehead atoms. The number of hydrogen-bond donors (Lipinski definition) is 2. The lowest BCUT2D eigenvalue weighted by atomic mass is 10.1. The molecule has 3 N–H and O–H groups in total. The van der Waals surface area contributed by atoms with Crippen LogP contribution in [0.5, 0.6) is 0 Å². The first-order valence-corrected chi connectivity index (χ1v) is 7.34. The molecule has 4 nitrogen and oxygen atoms in total. The summed E-state index contributed by atoms with van der Waals surface area (Å²) >= 11 is 4.83. The smallest absolute Gasteiger partial charge is 0.234 e. The molecule has 0 aliphatic carbocycles. The van der Waals surface area contributed by atoms with E-state index < -0.39 is 5.82 Å². The van der Waals surface area contributed by atoms with E-state index in [4.69, 9.17) is 18.0 Å². The zero-order chi connectivity index (χ0) is 16.0. The molecule has 0 heterocycles. The van der Waals surface area contributed by atoms with Crippen LogP contribution in [0.1, 0.15) is 31.9 Å². The van der Waals surface area contributed by atoms with Crippen LogP contribution in [0.2, 0.25) is 0 Å². The number of nitrogens with one attached hydrogen (secondary N) is 1. The summed E-state index contributed by atoms with van der Waals surface area (Å²) in [6.07, 6.45) is 0. The van der Waals surface area contributed by atoms with Crippen LogP contribution in [0.25, 0.3) is 0 Å². The Morgan fingerprint density at radius 2 is 2.14 bits per heavy atom. The van der Waals surface area contributed by atoms with Gasteiger partial charge in [0.25, 0.3) is 0 Å². The molecule has 116 valence electrons. The minimum absolute atomic E-state index is 0.0370. The number of benzene rings is 1. The third-order valence-corrected chi connectivity index (χ3v) is 3.22. The number of carbonyl (C=O) groups excluding carboxylic acids is 1. The molecule has 21 heavy (non-hydrogen) atoms. The lowest BCUT2D eigenvalue weighted by molar-refractivity contribution is -0.122. The largest absolute Gasteiger partial charge is 0.389 e. The Morgan fingerprint density at radius 1 is 1.48 bits per heavy atom. The molecule has 0 fully saturated rings. The Hall–Kier alpha value is -1.53. The van der Waals surface area contributed by atoms with Crippen LogP contribution < -0.4 is 11.1 Å². The van der Waals surface area contributed by atoms with Gasteiger partial charge in [0.05, 0.1) is 6.54 Å². The van der Waals surface area contributed by atoms with Gasteiger partial charge in [0.1, 0.15) is 10.8 Å². The van der Waals surface area contributed by atoms with Gasteiger partial charge in [0, 0.05) is 23.7 Å². The summed E-state index contributed by atoms with van der Waals surface area (Å²) < 4.78 is 14.3. The number of nitrogens with two attached hydrogens (primary N) is 1. The lowest BCUT2D eigenvalue weighted by Gasteiger charge is -2.21. The van der Waals surface area contributed by atoms with E-state index in [9.17, 15) is 9.18 Å². The Bertz CT molecular complexity index is 520. The number of likely N-dealkylation sites (N-methyl/N-ethyl adjacent to an activating group) is 1. The molecule has 0 saturated heterocycles. The second-order valence-corrected chi connectivity index (χ2v) is 5.61. The fraction of sp³-hybridized carbons (Fsp3) is 0.467. The average Bonchev–Trinajstić information content (AvgIpc) is 2.38. The zero-order valence-corrected chi connectivity index (χ0v) is 13.5. The number of carbonyl (C=O) groups is 1. The average molecular weight is 311 g/mol. The summed E-state index contributed by atoms with van der Waals surface area (Å²) in [5.74, 6) is -0.481. The quantitative estimate of drug-likeness (QED) is 0.754. The molecule has 0 aromatic heterocycles. The normalized spacial score (nSPS) is 11.0. The molecule has 0 aliphatic heterocycles. The van der Waals surface area contributed by atoms with E-state index >= 15 is 0 Å². The van der Waals surface area contributed by atoms with Crippen molar-refractivity contribution in [2.24, 2.45) is 5.73 Å². The molecule has 6 heteroatoms. The van der Waals surface area contributed by atoms with Crippen molar-refractivity contribution in [2.75, 3.05) is 13.1 Å². The highest BCUT2D eigenvalue weighted by molar-refractivity contribution is 7.80. The topological polar surface area (TPSA) is 58.4 Å². The fourth-order valence-corrected chi connectivity index (χ4v) is 2.14. The third-order valence-electron chi connectivity index (χ3n) is 3.00. The van der Waals surface area contributed by atoms with Gasteiger partial charge in [0.15, 0.2) is 0 Å². The van der Waals surface area contributed by atoms with Crippen LogP contribution in [0, 0.1) is 5.82 Å². The van der Waals surface area contributed by atoms with Crippen molar-refractivity contribution in [2.45, 2.75) is 33.4 Å². The number of hydrogen-bond acceptors (Lipinski definition) is 3. The van der Waals surface area contributed by atoms with Gasteiger partial charge in [-0.2, -0.15) is 0 Å². The lowest BCUT2D eigenvalue weighted by Crippen LogP contribution is -2.39. The van der Waals surface area contributed by atoms with E-state index in [2.05, 4.69) is 5.32 Å². The highest BCUT2D eigenvalue weighted by Crippen LogP contribution is 2.15. The van der Waals surface area contributed by atoms with E-state index in [1.807, 2.05) is 25.7 Å². The predicted octanol–water partition coefficient (Wildman–Crippen LogP) is 1.81. The maximum atomic E-state index is 14.3. The summed E-state index contributed by atoms with van der Waals surface area (Å²) in [7, 11) is 0. The number of rotatable bonds is 7. The third kappa shape index (κ3) is 5.40. The van der Waals surface area contributed by atoms with E-state index in [-0.39, 0.29) is 29.0 Å². The van der Waals surface area contributed by atoms with Gasteiger partial charge in [-0.05, 0) is 26.5 Å². The number of amides is 1. The van der Waals surface area contributed by atoms with Crippen LogP contribution >= 0.6 is 12.2 Å². The molecule has 1 amide bonds. The van der Waals surface area contributed by atoms with E-state index in [0.717, 1.165) is 0 Å².